The standard InChI is InChI=1S/C16H30N2O3S/c1-5-22(20)14-9-7-6-8-13(14)17-12-10-18(11-12)15(19)21-16(2,3)4/h12-14,17H,5-11H2,1-4H3/t13-,14+,22-/m0/s1. The molecule has 0 radical (unpaired) electrons. The predicted molar refractivity (Wildman–Crippen MR) is 89.5 cm³/mol. The monoisotopic (exact) mass is 330 g/mol. The highest BCUT2D eigenvalue weighted by Gasteiger charge is 2.37. The summed E-state index contributed by atoms with van der Waals surface area (Å²) in [5.41, 5.74) is -0.442. The summed E-state index contributed by atoms with van der Waals surface area (Å²) in [5.74, 6) is 0.734. The number of hydrogen-bond donors (Lipinski definition) is 1. The molecule has 0 aromatic carbocycles. The molecule has 1 saturated carbocycles. The Hall–Kier alpha value is -0.620. The van der Waals surface area contributed by atoms with Gasteiger partial charge in [-0.3, -0.25) is 4.21 Å². The molecule has 0 aromatic rings. The molecular weight excluding hydrogens is 300 g/mol. The Morgan fingerprint density at radius 2 is 1.91 bits per heavy atom. The Morgan fingerprint density at radius 3 is 2.50 bits per heavy atom. The quantitative estimate of drug-likeness (QED) is 0.859. The third-order valence-electron chi connectivity index (χ3n) is 4.31. The van der Waals surface area contributed by atoms with Crippen molar-refractivity contribution in [2.45, 2.75) is 76.3 Å². The lowest BCUT2D eigenvalue weighted by atomic mass is 9.93. The van der Waals surface area contributed by atoms with Gasteiger partial charge < -0.3 is 15.0 Å². The van der Waals surface area contributed by atoms with Gasteiger partial charge in [0.1, 0.15) is 5.60 Å². The van der Waals surface area contributed by atoms with E-state index in [1.807, 2.05) is 27.7 Å². The fourth-order valence-electron chi connectivity index (χ4n) is 3.18. The van der Waals surface area contributed by atoms with Gasteiger partial charge in [-0.25, -0.2) is 4.79 Å². The molecule has 0 bridgehead atoms. The van der Waals surface area contributed by atoms with Crippen molar-refractivity contribution in [2.24, 2.45) is 0 Å². The summed E-state index contributed by atoms with van der Waals surface area (Å²) in [6.45, 7) is 9.02. The van der Waals surface area contributed by atoms with Crippen LogP contribution in [0.3, 0.4) is 0 Å². The summed E-state index contributed by atoms with van der Waals surface area (Å²) >= 11 is 0. The van der Waals surface area contributed by atoms with Crippen LogP contribution in [-0.2, 0) is 15.5 Å². The van der Waals surface area contributed by atoms with Crippen LogP contribution in [0, 0.1) is 0 Å². The highest BCUT2D eigenvalue weighted by atomic mass is 32.2. The molecule has 0 unspecified atom stereocenters. The smallest absolute Gasteiger partial charge is 0.410 e. The molecule has 2 fully saturated rings. The van der Waals surface area contributed by atoms with E-state index in [1.54, 1.807) is 4.90 Å². The Morgan fingerprint density at radius 1 is 1.27 bits per heavy atom. The van der Waals surface area contributed by atoms with Gasteiger partial charge in [0.25, 0.3) is 0 Å². The summed E-state index contributed by atoms with van der Waals surface area (Å²) in [4.78, 5) is 13.7. The van der Waals surface area contributed by atoms with E-state index < -0.39 is 16.4 Å². The predicted octanol–water partition coefficient (Wildman–Crippen LogP) is 2.28. The highest BCUT2D eigenvalue weighted by Crippen LogP contribution is 2.25. The molecule has 0 spiro atoms. The lowest BCUT2D eigenvalue weighted by Gasteiger charge is -2.43. The maximum atomic E-state index is 12.2. The highest BCUT2D eigenvalue weighted by molar-refractivity contribution is 7.85. The van der Waals surface area contributed by atoms with Crippen molar-refractivity contribution in [3.05, 3.63) is 0 Å². The SMILES string of the molecule is CC[S@](=O)[C@@H]1CCCC[C@@H]1NC1CN(C(=O)OC(C)(C)C)C1. The fraction of sp³-hybridized carbons (Fsp3) is 0.938. The normalized spacial score (nSPS) is 28.1. The second kappa shape index (κ2) is 7.30. The number of carbonyl (C=O) groups excluding carboxylic acids is 1. The van der Waals surface area contributed by atoms with Gasteiger partial charge in [-0.2, -0.15) is 0 Å². The van der Waals surface area contributed by atoms with Gasteiger partial charge in [-0.05, 0) is 33.6 Å². The van der Waals surface area contributed by atoms with E-state index in [-0.39, 0.29) is 11.3 Å². The topological polar surface area (TPSA) is 58.6 Å². The first-order chi connectivity index (χ1) is 10.3. The van der Waals surface area contributed by atoms with Gasteiger partial charge in [0.2, 0.25) is 0 Å². The van der Waals surface area contributed by atoms with Crippen molar-refractivity contribution in [3.8, 4) is 0 Å². The van der Waals surface area contributed by atoms with Crippen LogP contribution in [0.25, 0.3) is 0 Å². The van der Waals surface area contributed by atoms with Crippen LogP contribution in [0.1, 0.15) is 53.4 Å². The zero-order valence-electron chi connectivity index (χ0n) is 14.3. The molecule has 6 heteroatoms. The van der Waals surface area contributed by atoms with E-state index in [4.69, 9.17) is 4.74 Å². The van der Waals surface area contributed by atoms with Gasteiger partial charge in [0.15, 0.2) is 0 Å². The third kappa shape index (κ3) is 4.69. The number of carbonyl (C=O) groups is 1. The maximum Gasteiger partial charge on any atom is 0.410 e. The largest absolute Gasteiger partial charge is 0.444 e. The molecule has 0 aromatic heterocycles. The first kappa shape index (κ1) is 17.7. The number of amides is 1. The summed E-state index contributed by atoms with van der Waals surface area (Å²) in [5, 5.41) is 3.90. The second-order valence-corrected chi connectivity index (χ2v) is 9.29. The molecule has 1 amide bonds. The fourth-order valence-corrected chi connectivity index (χ4v) is 4.62. The van der Waals surface area contributed by atoms with E-state index in [1.165, 1.54) is 12.8 Å². The van der Waals surface area contributed by atoms with Crippen LogP contribution in [0.4, 0.5) is 4.79 Å². The minimum absolute atomic E-state index is 0.233. The molecule has 5 nitrogen and oxygen atoms in total. The van der Waals surface area contributed by atoms with Crippen molar-refractivity contribution < 1.29 is 13.7 Å². The zero-order chi connectivity index (χ0) is 16.3. The Bertz CT molecular complexity index is 416. The molecule has 22 heavy (non-hydrogen) atoms. The molecule has 2 aliphatic rings. The molecular formula is C16H30N2O3S. The number of hydrogen-bond acceptors (Lipinski definition) is 4. The van der Waals surface area contributed by atoms with Crippen LogP contribution >= 0.6 is 0 Å². The molecule has 1 saturated heterocycles. The minimum Gasteiger partial charge on any atom is -0.444 e. The number of nitrogens with zero attached hydrogens (tertiary/aromatic N) is 1. The van der Waals surface area contributed by atoms with Crippen molar-refractivity contribution in [2.75, 3.05) is 18.8 Å². The third-order valence-corrected chi connectivity index (χ3v) is 6.12. The minimum atomic E-state index is -0.736. The summed E-state index contributed by atoms with van der Waals surface area (Å²) in [7, 11) is -0.736. The molecule has 2 rings (SSSR count). The van der Waals surface area contributed by atoms with Gasteiger partial charge in [-0.15, -0.1) is 0 Å². The van der Waals surface area contributed by atoms with Crippen molar-refractivity contribution in [3.63, 3.8) is 0 Å². The first-order valence-corrected chi connectivity index (χ1v) is 9.79. The Balaban J connectivity index is 1.78. The Kier molecular flexibility index (Phi) is 5.88. The molecule has 1 aliphatic heterocycles. The summed E-state index contributed by atoms with van der Waals surface area (Å²) in [6, 6.07) is 0.646. The van der Waals surface area contributed by atoms with E-state index >= 15 is 0 Å². The second-order valence-electron chi connectivity index (χ2n) is 7.35. The van der Waals surface area contributed by atoms with E-state index in [0.717, 1.165) is 18.6 Å². The van der Waals surface area contributed by atoms with Gasteiger partial charge in [-0.1, -0.05) is 19.8 Å². The van der Waals surface area contributed by atoms with Gasteiger partial charge >= 0.3 is 6.09 Å². The number of rotatable bonds is 4. The Labute approximate surface area is 136 Å². The van der Waals surface area contributed by atoms with Crippen LogP contribution in [0.2, 0.25) is 0 Å². The average Bonchev–Trinajstić information content (AvgIpc) is 2.39. The van der Waals surface area contributed by atoms with E-state index in [2.05, 4.69) is 5.32 Å². The molecule has 128 valence electrons. The average molecular weight is 330 g/mol. The first-order valence-electron chi connectivity index (χ1n) is 8.41. The summed E-state index contributed by atoms with van der Waals surface area (Å²) < 4.78 is 17.5. The lowest BCUT2D eigenvalue weighted by molar-refractivity contribution is 0.00374. The molecule has 3 atom stereocenters. The van der Waals surface area contributed by atoms with Gasteiger partial charge in [0, 0.05) is 41.7 Å². The maximum absolute atomic E-state index is 12.2. The summed E-state index contributed by atoms with van der Waals surface area (Å²) in [6.07, 6.45) is 4.31. The van der Waals surface area contributed by atoms with Crippen molar-refractivity contribution in [1.82, 2.24) is 10.2 Å². The van der Waals surface area contributed by atoms with Crippen LogP contribution in [0.5, 0.6) is 0 Å². The molecule has 1 heterocycles. The number of nitrogens with one attached hydrogen (secondary N) is 1. The van der Waals surface area contributed by atoms with Gasteiger partial charge in [0.05, 0.1) is 5.25 Å². The van der Waals surface area contributed by atoms with E-state index in [0.29, 0.717) is 25.2 Å². The van der Waals surface area contributed by atoms with Crippen LogP contribution < -0.4 is 5.32 Å². The van der Waals surface area contributed by atoms with Crippen molar-refractivity contribution in [1.29, 1.82) is 0 Å². The molecule has 1 N–H and O–H groups in total. The van der Waals surface area contributed by atoms with Crippen LogP contribution in [-0.4, -0.2) is 57.0 Å². The van der Waals surface area contributed by atoms with Crippen molar-refractivity contribution >= 4 is 16.9 Å². The number of ether oxygens (including phenoxy) is 1. The van der Waals surface area contributed by atoms with E-state index in [9.17, 15) is 9.00 Å². The lowest BCUT2D eigenvalue weighted by Crippen LogP contribution is -2.64. The molecule has 1 aliphatic carbocycles. The van der Waals surface area contributed by atoms with Crippen LogP contribution in [0.15, 0.2) is 0 Å². The number of likely N-dealkylation sites (tertiary alicyclic amines) is 1. The zero-order valence-corrected chi connectivity index (χ0v) is 15.1.